The number of rotatable bonds is 9. The number of nitrogens with one attached hydrogen (secondary N) is 1. The smallest absolute Gasteiger partial charge is 0.0240 e. The first-order chi connectivity index (χ1) is 6.62. The second kappa shape index (κ2) is 8.55. The van der Waals surface area contributed by atoms with Crippen molar-refractivity contribution < 1.29 is 0 Å². The van der Waals surface area contributed by atoms with Gasteiger partial charge in [0.2, 0.25) is 0 Å². The molecular weight excluding hydrogens is 194 g/mol. The SMILES string of the molecule is CCCCCCCNC(C)(C)CCCl. The minimum atomic E-state index is 0.215. The molecule has 0 rings (SSSR count). The van der Waals surface area contributed by atoms with Gasteiger partial charge in [0.1, 0.15) is 0 Å². The summed E-state index contributed by atoms with van der Waals surface area (Å²) in [6.07, 6.45) is 7.79. The molecule has 0 unspecified atom stereocenters. The molecule has 0 saturated carbocycles. The number of hydrogen-bond donors (Lipinski definition) is 1. The monoisotopic (exact) mass is 219 g/mol. The van der Waals surface area contributed by atoms with Gasteiger partial charge in [-0.2, -0.15) is 0 Å². The van der Waals surface area contributed by atoms with Gasteiger partial charge in [-0.15, -0.1) is 11.6 Å². The van der Waals surface area contributed by atoms with E-state index in [1.807, 2.05) is 0 Å². The predicted molar refractivity (Wildman–Crippen MR) is 66.2 cm³/mol. The number of alkyl halides is 1. The zero-order valence-corrected chi connectivity index (χ0v) is 10.8. The van der Waals surface area contributed by atoms with E-state index in [-0.39, 0.29) is 5.54 Å². The van der Waals surface area contributed by atoms with Crippen LogP contribution in [0.2, 0.25) is 0 Å². The zero-order valence-electron chi connectivity index (χ0n) is 10.0. The molecule has 14 heavy (non-hydrogen) atoms. The molecule has 0 bridgehead atoms. The Morgan fingerprint density at radius 2 is 1.71 bits per heavy atom. The molecule has 0 atom stereocenters. The summed E-state index contributed by atoms with van der Waals surface area (Å²) >= 11 is 5.73. The van der Waals surface area contributed by atoms with Crippen molar-refractivity contribution >= 4 is 11.6 Å². The second-order valence-electron chi connectivity index (χ2n) is 4.66. The molecule has 0 saturated heterocycles. The van der Waals surface area contributed by atoms with Crippen molar-refractivity contribution in [2.75, 3.05) is 12.4 Å². The van der Waals surface area contributed by atoms with Gasteiger partial charge >= 0.3 is 0 Å². The van der Waals surface area contributed by atoms with Crippen molar-refractivity contribution in [1.29, 1.82) is 0 Å². The molecule has 0 aromatic carbocycles. The van der Waals surface area contributed by atoms with Crippen LogP contribution in [-0.4, -0.2) is 18.0 Å². The fraction of sp³-hybridized carbons (Fsp3) is 1.00. The van der Waals surface area contributed by atoms with Crippen molar-refractivity contribution in [2.45, 2.75) is 64.8 Å². The van der Waals surface area contributed by atoms with Gasteiger partial charge in [0.15, 0.2) is 0 Å². The molecule has 0 aromatic heterocycles. The van der Waals surface area contributed by atoms with Crippen LogP contribution in [0.1, 0.15) is 59.3 Å². The van der Waals surface area contributed by atoms with E-state index in [2.05, 4.69) is 26.1 Å². The third kappa shape index (κ3) is 8.83. The van der Waals surface area contributed by atoms with Crippen molar-refractivity contribution in [2.24, 2.45) is 0 Å². The molecular formula is C12H26ClN. The highest BCUT2D eigenvalue weighted by Gasteiger charge is 2.14. The van der Waals surface area contributed by atoms with E-state index in [0.717, 1.165) is 18.8 Å². The summed E-state index contributed by atoms with van der Waals surface area (Å²) in [5, 5.41) is 3.55. The Labute approximate surface area is 94.6 Å². The van der Waals surface area contributed by atoms with Crippen LogP contribution in [0.3, 0.4) is 0 Å². The lowest BCUT2D eigenvalue weighted by atomic mass is 10.0. The first-order valence-corrected chi connectivity index (χ1v) is 6.47. The summed E-state index contributed by atoms with van der Waals surface area (Å²) in [5.74, 6) is 0.746. The average Bonchev–Trinajstić information content (AvgIpc) is 2.11. The van der Waals surface area contributed by atoms with Crippen LogP contribution < -0.4 is 5.32 Å². The van der Waals surface area contributed by atoms with E-state index in [1.165, 1.54) is 32.1 Å². The van der Waals surface area contributed by atoms with Crippen LogP contribution in [0.4, 0.5) is 0 Å². The average molecular weight is 220 g/mol. The van der Waals surface area contributed by atoms with Gasteiger partial charge in [-0.3, -0.25) is 0 Å². The van der Waals surface area contributed by atoms with Crippen molar-refractivity contribution in [3.05, 3.63) is 0 Å². The molecule has 0 aliphatic carbocycles. The third-order valence-electron chi connectivity index (χ3n) is 2.60. The Bertz CT molecular complexity index is 123. The summed E-state index contributed by atoms with van der Waals surface area (Å²) in [6.45, 7) is 7.83. The molecule has 0 spiro atoms. The molecule has 0 aliphatic rings. The molecule has 1 N–H and O–H groups in total. The highest BCUT2D eigenvalue weighted by molar-refractivity contribution is 6.17. The van der Waals surface area contributed by atoms with Gasteiger partial charge in [0.25, 0.3) is 0 Å². The molecule has 1 nitrogen and oxygen atoms in total. The van der Waals surface area contributed by atoms with E-state index in [1.54, 1.807) is 0 Å². The van der Waals surface area contributed by atoms with Crippen LogP contribution in [0.15, 0.2) is 0 Å². The van der Waals surface area contributed by atoms with Gasteiger partial charge in [0, 0.05) is 11.4 Å². The van der Waals surface area contributed by atoms with Crippen LogP contribution in [0, 0.1) is 0 Å². The minimum absolute atomic E-state index is 0.215. The lowest BCUT2D eigenvalue weighted by molar-refractivity contribution is 0.372. The van der Waals surface area contributed by atoms with Crippen molar-refractivity contribution in [1.82, 2.24) is 5.32 Å². The Hall–Kier alpha value is 0.250. The molecule has 2 heteroatoms. The Balaban J connectivity index is 3.26. The minimum Gasteiger partial charge on any atom is -0.312 e. The summed E-state index contributed by atoms with van der Waals surface area (Å²) in [4.78, 5) is 0. The van der Waals surface area contributed by atoms with E-state index < -0.39 is 0 Å². The maximum atomic E-state index is 5.73. The highest BCUT2D eigenvalue weighted by Crippen LogP contribution is 2.09. The van der Waals surface area contributed by atoms with Crippen LogP contribution in [0.5, 0.6) is 0 Å². The summed E-state index contributed by atoms with van der Waals surface area (Å²) in [6, 6.07) is 0. The number of unbranched alkanes of at least 4 members (excludes halogenated alkanes) is 4. The quantitative estimate of drug-likeness (QED) is 0.457. The Morgan fingerprint density at radius 1 is 1.07 bits per heavy atom. The van der Waals surface area contributed by atoms with Crippen molar-refractivity contribution in [3.8, 4) is 0 Å². The topological polar surface area (TPSA) is 12.0 Å². The summed E-state index contributed by atoms with van der Waals surface area (Å²) < 4.78 is 0. The zero-order chi connectivity index (χ0) is 10.9. The molecule has 86 valence electrons. The fourth-order valence-electron chi connectivity index (χ4n) is 1.48. The molecule has 0 amide bonds. The highest BCUT2D eigenvalue weighted by atomic mass is 35.5. The predicted octanol–water partition coefficient (Wildman–Crippen LogP) is 3.95. The fourth-order valence-corrected chi connectivity index (χ4v) is 1.95. The maximum Gasteiger partial charge on any atom is 0.0240 e. The van der Waals surface area contributed by atoms with Crippen LogP contribution >= 0.6 is 11.6 Å². The second-order valence-corrected chi connectivity index (χ2v) is 5.04. The number of halogens is 1. The Kier molecular flexibility index (Phi) is 8.70. The first kappa shape index (κ1) is 14.2. The molecule has 0 radical (unpaired) electrons. The van der Waals surface area contributed by atoms with E-state index >= 15 is 0 Å². The van der Waals surface area contributed by atoms with Gasteiger partial charge in [-0.1, -0.05) is 32.6 Å². The molecule has 0 aromatic rings. The first-order valence-electron chi connectivity index (χ1n) is 5.93. The van der Waals surface area contributed by atoms with E-state index in [0.29, 0.717) is 0 Å². The summed E-state index contributed by atoms with van der Waals surface area (Å²) in [5.41, 5.74) is 0.215. The lowest BCUT2D eigenvalue weighted by Gasteiger charge is -2.25. The van der Waals surface area contributed by atoms with Crippen LogP contribution in [-0.2, 0) is 0 Å². The number of hydrogen-bond acceptors (Lipinski definition) is 1. The third-order valence-corrected chi connectivity index (χ3v) is 2.79. The summed E-state index contributed by atoms with van der Waals surface area (Å²) in [7, 11) is 0. The lowest BCUT2D eigenvalue weighted by Crippen LogP contribution is -2.40. The van der Waals surface area contributed by atoms with E-state index in [4.69, 9.17) is 11.6 Å². The normalized spacial score (nSPS) is 12.0. The van der Waals surface area contributed by atoms with Gasteiger partial charge in [0.05, 0.1) is 0 Å². The molecule has 0 aliphatic heterocycles. The van der Waals surface area contributed by atoms with Crippen LogP contribution in [0.25, 0.3) is 0 Å². The molecule has 0 fully saturated rings. The van der Waals surface area contributed by atoms with Gasteiger partial charge < -0.3 is 5.32 Å². The van der Waals surface area contributed by atoms with Gasteiger partial charge in [-0.25, -0.2) is 0 Å². The standard InChI is InChI=1S/C12H26ClN/c1-4-5-6-7-8-11-14-12(2,3)9-10-13/h14H,4-11H2,1-3H3. The van der Waals surface area contributed by atoms with E-state index in [9.17, 15) is 0 Å². The largest absolute Gasteiger partial charge is 0.312 e. The maximum absolute atomic E-state index is 5.73. The van der Waals surface area contributed by atoms with Crippen molar-refractivity contribution in [3.63, 3.8) is 0 Å². The van der Waals surface area contributed by atoms with Gasteiger partial charge in [-0.05, 0) is 33.2 Å². The molecule has 0 heterocycles. The Morgan fingerprint density at radius 3 is 2.29 bits per heavy atom.